The quantitative estimate of drug-likeness (QED) is 0.592. The summed E-state index contributed by atoms with van der Waals surface area (Å²) in [4.78, 5) is 23.6. The predicted octanol–water partition coefficient (Wildman–Crippen LogP) is 1.65. The molecule has 110 valence electrons. The van der Waals surface area contributed by atoms with E-state index in [2.05, 4.69) is 5.32 Å². The first-order chi connectivity index (χ1) is 9.40. The van der Waals surface area contributed by atoms with Crippen molar-refractivity contribution >= 4 is 40.1 Å². The highest BCUT2D eigenvalue weighted by molar-refractivity contribution is 7.84. The van der Waals surface area contributed by atoms with E-state index >= 15 is 0 Å². The van der Waals surface area contributed by atoms with E-state index in [-0.39, 0.29) is 5.91 Å². The molecule has 7 heteroatoms. The van der Waals surface area contributed by atoms with Crippen LogP contribution in [0.15, 0.2) is 12.1 Å². The van der Waals surface area contributed by atoms with Gasteiger partial charge in [-0.25, -0.2) is 4.79 Å². The van der Waals surface area contributed by atoms with Crippen LogP contribution in [0.3, 0.4) is 0 Å². The van der Waals surface area contributed by atoms with Gasteiger partial charge in [0.05, 0.1) is 4.88 Å². The van der Waals surface area contributed by atoms with Gasteiger partial charge in [-0.2, -0.15) is 0 Å². The molecule has 1 heterocycles. The first kappa shape index (κ1) is 16.6. The van der Waals surface area contributed by atoms with Gasteiger partial charge in [-0.1, -0.05) is 0 Å². The molecule has 0 spiro atoms. The third kappa shape index (κ3) is 5.66. The summed E-state index contributed by atoms with van der Waals surface area (Å²) in [5, 5.41) is 11.3. The number of aryl methyl sites for hydroxylation is 1. The minimum atomic E-state index is -1.02. The molecule has 1 aromatic rings. The number of aliphatic carboxylic acids is 1. The van der Waals surface area contributed by atoms with E-state index in [9.17, 15) is 13.8 Å². The Balaban J connectivity index is 2.59. The molecule has 2 N–H and O–H groups in total. The fraction of sp³-hybridized carbons (Fsp3) is 0.385. The Kier molecular flexibility index (Phi) is 6.60. The normalized spacial score (nSPS) is 12.5. The third-order valence-electron chi connectivity index (χ3n) is 2.45. The minimum Gasteiger partial charge on any atom is -0.478 e. The smallest absolute Gasteiger partial charge is 0.328 e. The highest BCUT2D eigenvalue weighted by Gasteiger charge is 2.10. The average molecular weight is 315 g/mol. The van der Waals surface area contributed by atoms with Gasteiger partial charge < -0.3 is 10.4 Å². The van der Waals surface area contributed by atoms with Gasteiger partial charge in [0.1, 0.15) is 0 Å². The largest absolute Gasteiger partial charge is 0.478 e. The first-order valence-corrected chi connectivity index (χ1v) is 8.54. The van der Waals surface area contributed by atoms with Gasteiger partial charge in [-0.15, -0.1) is 11.3 Å². The molecule has 0 aliphatic rings. The Morgan fingerprint density at radius 3 is 2.80 bits per heavy atom. The Morgan fingerprint density at radius 2 is 2.20 bits per heavy atom. The number of carbonyl (C=O) groups excluding carboxylic acids is 1. The monoisotopic (exact) mass is 315 g/mol. The van der Waals surface area contributed by atoms with E-state index in [4.69, 9.17) is 5.11 Å². The van der Waals surface area contributed by atoms with Crippen LogP contribution in [0, 0.1) is 6.92 Å². The number of nitrogens with one attached hydrogen (secondary N) is 1. The van der Waals surface area contributed by atoms with Crippen molar-refractivity contribution in [2.24, 2.45) is 0 Å². The summed E-state index contributed by atoms with van der Waals surface area (Å²) in [6.45, 7) is 2.31. The Labute approximate surface area is 124 Å². The van der Waals surface area contributed by atoms with Crippen LogP contribution in [0.2, 0.25) is 0 Å². The zero-order chi connectivity index (χ0) is 15.1. The van der Waals surface area contributed by atoms with Crippen molar-refractivity contribution < 1.29 is 18.9 Å². The van der Waals surface area contributed by atoms with Gasteiger partial charge in [-0.3, -0.25) is 9.00 Å². The topological polar surface area (TPSA) is 83.5 Å². The lowest BCUT2D eigenvalue weighted by atomic mass is 10.2. The highest BCUT2D eigenvalue weighted by Crippen LogP contribution is 2.23. The number of rotatable bonds is 7. The molecule has 0 saturated carbocycles. The molecule has 0 saturated heterocycles. The van der Waals surface area contributed by atoms with Crippen molar-refractivity contribution in [3.63, 3.8) is 0 Å². The predicted molar refractivity (Wildman–Crippen MR) is 81.6 cm³/mol. The number of carboxylic acid groups (broad SMARTS) is 1. The first-order valence-electron chi connectivity index (χ1n) is 6.00. The SMILES string of the molecule is Cc1cc(C(=O)NCCCS(C)=O)sc1/C=C/C(=O)O. The summed E-state index contributed by atoms with van der Waals surface area (Å²) in [7, 11) is -0.845. The molecule has 1 amide bonds. The van der Waals surface area contributed by atoms with Crippen molar-refractivity contribution in [2.75, 3.05) is 18.6 Å². The molecule has 0 aliphatic carbocycles. The van der Waals surface area contributed by atoms with Gasteiger partial charge in [0, 0.05) is 40.3 Å². The second-order valence-corrected chi connectivity index (χ2v) is 6.85. The van der Waals surface area contributed by atoms with E-state index in [1.807, 2.05) is 6.92 Å². The molecule has 0 aliphatic heterocycles. The van der Waals surface area contributed by atoms with Crippen molar-refractivity contribution in [1.82, 2.24) is 5.32 Å². The number of thiophene rings is 1. The van der Waals surface area contributed by atoms with E-state index in [1.54, 1.807) is 12.3 Å². The number of carboxylic acids is 1. The Hall–Kier alpha value is -1.47. The molecule has 0 radical (unpaired) electrons. The van der Waals surface area contributed by atoms with Crippen LogP contribution in [-0.2, 0) is 15.6 Å². The Morgan fingerprint density at radius 1 is 1.50 bits per heavy atom. The highest BCUT2D eigenvalue weighted by atomic mass is 32.2. The minimum absolute atomic E-state index is 0.185. The molecule has 1 rings (SSSR count). The maximum absolute atomic E-state index is 11.9. The van der Waals surface area contributed by atoms with E-state index < -0.39 is 16.8 Å². The van der Waals surface area contributed by atoms with E-state index in [0.29, 0.717) is 23.6 Å². The maximum Gasteiger partial charge on any atom is 0.328 e. The molecule has 5 nitrogen and oxygen atoms in total. The molecular formula is C13H17NO4S2. The summed E-state index contributed by atoms with van der Waals surface area (Å²) in [6.07, 6.45) is 4.84. The lowest BCUT2D eigenvalue weighted by molar-refractivity contribution is -0.131. The van der Waals surface area contributed by atoms with Crippen LogP contribution in [0.4, 0.5) is 0 Å². The molecule has 0 aromatic carbocycles. The maximum atomic E-state index is 11.9. The fourth-order valence-electron chi connectivity index (χ4n) is 1.48. The number of hydrogen-bond acceptors (Lipinski definition) is 4. The van der Waals surface area contributed by atoms with Crippen molar-refractivity contribution in [3.8, 4) is 0 Å². The van der Waals surface area contributed by atoms with Crippen LogP contribution in [-0.4, -0.2) is 39.7 Å². The summed E-state index contributed by atoms with van der Waals surface area (Å²) in [6, 6.07) is 1.74. The molecule has 1 unspecified atom stereocenters. The average Bonchev–Trinajstić information content (AvgIpc) is 2.73. The van der Waals surface area contributed by atoms with Crippen molar-refractivity contribution in [3.05, 3.63) is 27.5 Å². The molecule has 20 heavy (non-hydrogen) atoms. The lowest BCUT2D eigenvalue weighted by Crippen LogP contribution is -2.24. The van der Waals surface area contributed by atoms with Crippen LogP contribution >= 0.6 is 11.3 Å². The van der Waals surface area contributed by atoms with Crippen molar-refractivity contribution in [1.29, 1.82) is 0 Å². The summed E-state index contributed by atoms with van der Waals surface area (Å²) >= 11 is 1.25. The summed E-state index contributed by atoms with van der Waals surface area (Å²) < 4.78 is 10.9. The van der Waals surface area contributed by atoms with Crippen LogP contribution in [0.1, 0.15) is 26.5 Å². The molecule has 1 atom stereocenters. The van der Waals surface area contributed by atoms with Gasteiger partial charge in [0.25, 0.3) is 5.91 Å². The van der Waals surface area contributed by atoms with Crippen LogP contribution in [0.5, 0.6) is 0 Å². The fourth-order valence-corrected chi connectivity index (χ4v) is 3.03. The van der Waals surface area contributed by atoms with E-state index in [0.717, 1.165) is 16.5 Å². The molecule has 0 fully saturated rings. The lowest BCUT2D eigenvalue weighted by Gasteiger charge is -2.01. The standard InChI is InChI=1S/C13H17NO4S2/c1-9-8-11(19-10(9)4-5-12(15)16)13(17)14-6-3-7-20(2)18/h4-5,8H,3,6-7H2,1-2H3,(H,14,17)(H,15,16)/b5-4+. The van der Waals surface area contributed by atoms with Crippen LogP contribution < -0.4 is 5.32 Å². The van der Waals surface area contributed by atoms with Crippen molar-refractivity contribution in [2.45, 2.75) is 13.3 Å². The van der Waals surface area contributed by atoms with Gasteiger partial charge in [-0.05, 0) is 31.1 Å². The summed E-state index contributed by atoms with van der Waals surface area (Å²) in [5.41, 5.74) is 0.868. The second-order valence-electron chi connectivity index (χ2n) is 4.22. The number of carbonyl (C=O) groups is 2. The zero-order valence-electron chi connectivity index (χ0n) is 11.3. The Bertz CT molecular complexity index is 549. The van der Waals surface area contributed by atoms with Gasteiger partial charge in [0.15, 0.2) is 0 Å². The summed E-state index contributed by atoms with van der Waals surface area (Å²) in [5.74, 6) is -0.637. The van der Waals surface area contributed by atoms with Gasteiger partial charge in [0.2, 0.25) is 0 Å². The van der Waals surface area contributed by atoms with Gasteiger partial charge >= 0.3 is 5.97 Å². The second kappa shape index (κ2) is 7.96. The third-order valence-corrected chi connectivity index (χ3v) is 4.52. The number of hydrogen-bond donors (Lipinski definition) is 2. The molecule has 0 bridgehead atoms. The zero-order valence-corrected chi connectivity index (χ0v) is 13.0. The molecular weight excluding hydrogens is 298 g/mol. The molecule has 1 aromatic heterocycles. The van der Waals surface area contributed by atoms with E-state index in [1.165, 1.54) is 17.4 Å². The van der Waals surface area contributed by atoms with Crippen LogP contribution in [0.25, 0.3) is 6.08 Å². The number of amides is 1.